The van der Waals surface area contributed by atoms with E-state index in [1.807, 2.05) is 24.4 Å². The van der Waals surface area contributed by atoms with E-state index in [2.05, 4.69) is 30.1 Å². The first-order valence-electron chi connectivity index (χ1n) is 19.1. The lowest BCUT2D eigenvalue weighted by molar-refractivity contribution is 0.164. The molecule has 0 amide bonds. The van der Waals surface area contributed by atoms with Gasteiger partial charge in [-0.1, -0.05) is 0 Å². The highest BCUT2D eigenvalue weighted by Crippen LogP contribution is 2.28. The lowest BCUT2D eigenvalue weighted by Gasteiger charge is -2.32. The molecule has 2 saturated heterocycles. The van der Waals surface area contributed by atoms with Gasteiger partial charge in [0.1, 0.15) is 24.7 Å². The van der Waals surface area contributed by atoms with Crippen LogP contribution < -0.4 is 41.1 Å². The van der Waals surface area contributed by atoms with Gasteiger partial charge in [-0.3, -0.25) is 19.6 Å². The summed E-state index contributed by atoms with van der Waals surface area (Å²) in [7, 11) is 3.21. The largest absolute Gasteiger partial charge is 0.495 e. The van der Waals surface area contributed by atoms with E-state index in [4.69, 9.17) is 24.7 Å². The van der Waals surface area contributed by atoms with E-state index in [1.54, 1.807) is 60.0 Å². The molecule has 2 fully saturated rings. The molecular formula is C40H51N9O6. The van der Waals surface area contributed by atoms with Gasteiger partial charge < -0.3 is 48.9 Å². The number of nitrogens with two attached hydrogens (primary N) is 1. The van der Waals surface area contributed by atoms with Crippen molar-refractivity contribution in [2.75, 3.05) is 66.7 Å². The Morgan fingerprint density at radius 1 is 0.709 bits per heavy atom. The molecule has 5 aromatic rings. The quantitative estimate of drug-likeness (QED) is 0.203. The van der Waals surface area contributed by atoms with Crippen LogP contribution in [0.2, 0.25) is 0 Å². The van der Waals surface area contributed by atoms with Crippen LogP contribution in [0.1, 0.15) is 31.2 Å². The van der Waals surface area contributed by atoms with Gasteiger partial charge >= 0.3 is 0 Å². The Kier molecular flexibility index (Phi) is 12.5. The van der Waals surface area contributed by atoms with Crippen LogP contribution >= 0.6 is 0 Å². The molecule has 0 radical (unpaired) electrons. The second-order valence-corrected chi connectivity index (χ2v) is 14.2. The molecule has 292 valence electrons. The van der Waals surface area contributed by atoms with Gasteiger partial charge in [-0.25, -0.2) is 4.98 Å². The number of aromatic nitrogens is 5. The standard InChI is InChI=1S/C24H29N5O4.C16H22N4O2/c1-31-19-13-21-20(26-16-19)2-3-23(30)29(21)9-8-28-6-4-18(5-7-28)25-14-17-12-22-24(27-15-17)33-11-10-32-22;1-22-13-10-15-14(18-11-13)2-3-16(21)20(15)9-8-19-6-4-12(17)5-7-19/h2-3,12-13,15-16,18,25H,4-11,14H2,1H3;2-3,10-12H,4-9,17H2,1H3. The molecule has 0 saturated carbocycles. The summed E-state index contributed by atoms with van der Waals surface area (Å²) in [6.07, 6.45) is 9.38. The molecule has 0 aromatic carbocycles. The predicted molar refractivity (Wildman–Crippen MR) is 210 cm³/mol. The van der Waals surface area contributed by atoms with Gasteiger partial charge in [0.2, 0.25) is 0 Å². The normalized spacial score (nSPS) is 16.9. The highest BCUT2D eigenvalue weighted by Gasteiger charge is 2.20. The molecule has 0 unspecified atom stereocenters. The van der Waals surface area contributed by atoms with Crippen molar-refractivity contribution in [3.05, 3.63) is 87.3 Å². The number of methoxy groups -OCH3 is 2. The fraction of sp³-hybridized carbons (Fsp3) is 0.475. The molecular weight excluding hydrogens is 702 g/mol. The number of hydrogen-bond acceptors (Lipinski definition) is 13. The summed E-state index contributed by atoms with van der Waals surface area (Å²) in [5.41, 5.74) is 10.2. The Hall–Kier alpha value is -5.09. The van der Waals surface area contributed by atoms with Crippen molar-refractivity contribution in [3.8, 4) is 23.1 Å². The zero-order chi connectivity index (χ0) is 38.1. The number of likely N-dealkylation sites (tertiary alicyclic amines) is 2. The van der Waals surface area contributed by atoms with Crippen LogP contribution in [0, 0.1) is 0 Å². The molecule has 3 aliphatic heterocycles. The summed E-state index contributed by atoms with van der Waals surface area (Å²) in [4.78, 5) is 42.6. The van der Waals surface area contributed by atoms with E-state index in [0.29, 0.717) is 55.8 Å². The summed E-state index contributed by atoms with van der Waals surface area (Å²) in [5.74, 6) is 2.63. The molecule has 55 heavy (non-hydrogen) atoms. The minimum Gasteiger partial charge on any atom is -0.495 e. The number of piperidine rings is 2. The first kappa shape index (κ1) is 38.2. The van der Waals surface area contributed by atoms with Crippen LogP contribution in [0.4, 0.5) is 0 Å². The Labute approximate surface area is 320 Å². The van der Waals surface area contributed by atoms with E-state index < -0.39 is 0 Å². The topological polar surface area (TPSA) is 164 Å². The highest BCUT2D eigenvalue weighted by atomic mass is 16.6. The van der Waals surface area contributed by atoms with E-state index >= 15 is 0 Å². The van der Waals surface area contributed by atoms with Gasteiger partial charge in [0.05, 0.1) is 48.7 Å². The van der Waals surface area contributed by atoms with Crippen molar-refractivity contribution in [1.82, 2.24) is 39.2 Å². The fourth-order valence-electron chi connectivity index (χ4n) is 7.34. The van der Waals surface area contributed by atoms with E-state index in [0.717, 1.165) is 105 Å². The third-order valence-electron chi connectivity index (χ3n) is 10.6. The molecule has 0 aliphatic carbocycles. The molecule has 15 nitrogen and oxygen atoms in total. The molecule has 0 atom stereocenters. The average molecular weight is 754 g/mol. The molecule has 5 aromatic heterocycles. The first-order valence-corrected chi connectivity index (χ1v) is 19.1. The van der Waals surface area contributed by atoms with Crippen molar-refractivity contribution in [2.45, 2.75) is 57.4 Å². The van der Waals surface area contributed by atoms with Gasteiger partial charge in [0.15, 0.2) is 5.75 Å². The number of rotatable bonds is 11. The maximum Gasteiger partial charge on any atom is 0.257 e. The van der Waals surface area contributed by atoms with Gasteiger partial charge in [-0.2, -0.15) is 0 Å². The van der Waals surface area contributed by atoms with Crippen LogP contribution in [0.25, 0.3) is 22.1 Å². The van der Waals surface area contributed by atoms with E-state index in [1.165, 1.54) is 0 Å². The van der Waals surface area contributed by atoms with Gasteiger partial charge in [0, 0.05) is 75.3 Å². The number of ether oxygens (including phenoxy) is 4. The Bertz CT molecular complexity index is 2180. The maximum absolute atomic E-state index is 12.5. The maximum atomic E-state index is 12.5. The minimum absolute atomic E-state index is 0.00346. The fourth-order valence-corrected chi connectivity index (χ4v) is 7.34. The predicted octanol–water partition coefficient (Wildman–Crippen LogP) is 2.65. The molecule has 8 rings (SSSR count). The number of nitrogens with zero attached hydrogens (tertiary/aromatic N) is 7. The van der Waals surface area contributed by atoms with Gasteiger partial charge in [-0.05, 0) is 75.6 Å². The molecule has 0 bridgehead atoms. The average Bonchev–Trinajstić information content (AvgIpc) is 3.23. The number of fused-ring (bicyclic) bond motifs is 3. The third-order valence-corrected chi connectivity index (χ3v) is 10.6. The van der Waals surface area contributed by atoms with Crippen molar-refractivity contribution in [2.24, 2.45) is 5.73 Å². The smallest absolute Gasteiger partial charge is 0.257 e. The summed E-state index contributed by atoms with van der Waals surface area (Å²) >= 11 is 0. The molecule has 0 spiro atoms. The molecule has 3 aliphatic rings. The van der Waals surface area contributed by atoms with Crippen molar-refractivity contribution in [1.29, 1.82) is 0 Å². The van der Waals surface area contributed by atoms with Crippen molar-refractivity contribution >= 4 is 22.1 Å². The second-order valence-electron chi connectivity index (χ2n) is 14.2. The Balaban J connectivity index is 0.000000184. The molecule has 3 N–H and O–H groups in total. The SMILES string of the molecule is COc1cnc2ccc(=O)n(CCN3CCC(N)CC3)c2c1.COc1cnc2ccc(=O)n(CCN3CCC(NCc4cnc5c(c4)OCCO5)CC3)c2c1. The minimum atomic E-state index is -0.0119. The van der Waals surface area contributed by atoms with Crippen LogP contribution in [0.15, 0.2) is 70.6 Å². The third kappa shape index (κ3) is 9.60. The monoisotopic (exact) mass is 753 g/mol. The Morgan fingerprint density at radius 2 is 1.25 bits per heavy atom. The van der Waals surface area contributed by atoms with E-state index in [-0.39, 0.29) is 11.1 Å². The zero-order valence-corrected chi connectivity index (χ0v) is 31.7. The van der Waals surface area contributed by atoms with Crippen LogP contribution in [-0.2, 0) is 19.6 Å². The zero-order valence-electron chi connectivity index (χ0n) is 31.7. The summed E-state index contributed by atoms with van der Waals surface area (Å²) < 4.78 is 25.2. The summed E-state index contributed by atoms with van der Waals surface area (Å²) in [6.45, 7) is 8.84. The number of hydrogen-bond donors (Lipinski definition) is 2. The lowest BCUT2D eigenvalue weighted by atomic mass is 10.0. The lowest BCUT2D eigenvalue weighted by Crippen LogP contribution is -2.43. The van der Waals surface area contributed by atoms with Gasteiger partial charge in [-0.15, -0.1) is 0 Å². The highest BCUT2D eigenvalue weighted by molar-refractivity contribution is 5.76. The van der Waals surface area contributed by atoms with Crippen LogP contribution in [-0.4, -0.2) is 113 Å². The molecule has 15 heteroatoms. The first-order chi connectivity index (χ1) is 26.9. The van der Waals surface area contributed by atoms with Crippen molar-refractivity contribution < 1.29 is 18.9 Å². The number of pyridine rings is 5. The Morgan fingerprint density at radius 3 is 1.82 bits per heavy atom. The molecule has 8 heterocycles. The summed E-state index contributed by atoms with van der Waals surface area (Å²) in [5, 5.41) is 3.64. The van der Waals surface area contributed by atoms with E-state index in [9.17, 15) is 9.59 Å². The van der Waals surface area contributed by atoms with Gasteiger partial charge in [0.25, 0.3) is 17.0 Å². The second kappa shape index (κ2) is 18.0. The van der Waals surface area contributed by atoms with Crippen LogP contribution in [0.5, 0.6) is 23.1 Å². The number of nitrogens with one attached hydrogen (secondary N) is 1. The van der Waals surface area contributed by atoms with Crippen LogP contribution in [0.3, 0.4) is 0 Å². The van der Waals surface area contributed by atoms with Crippen molar-refractivity contribution in [3.63, 3.8) is 0 Å². The summed E-state index contributed by atoms with van der Waals surface area (Å²) in [6, 6.07) is 13.2.